The van der Waals surface area contributed by atoms with Gasteiger partial charge in [-0.3, -0.25) is 0 Å². The highest BCUT2D eigenvalue weighted by atomic mass is 19.4. The molecule has 2 aromatic heterocycles. The van der Waals surface area contributed by atoms with Crippen molar-refractivity contribution in [3.05, 3.63) is 54.4 Å². The standard InChI is InChI=1S/C22H24F3N5O/c1-14-9-12-30(21(31)28-16-5-3-15(4-6-16)22(23,24)25)13-19(14)29(2)18-8-11-27-20-17(18)7-10-26-20/h3-8,10-11,14,19H,9,12-13H2,1-2H3,(H,26,27)(H,28,31)/t14-,19+/m1/s1. The Morgan fingerprint density at radius 2 is 1.97 bits per heavy atom. The Kier molecular flexibility index (Phi) is 5.51. The Labute approximate surface area is 178 Å². The molecule has 0 unspecified atom stereocenters. The number of anilines is 2. The van der Waals surface area contributed by atoms with Crippen LogP contribution in [0.5, 0.6) is 0 Å². The van der Waals surface area contributed by atoms with Crippen molar-refractivity contribution in [2.75, 3.05) is 30.4 Å². The van der Waals surface area contributed by atoms with Crippen LogP contribution in [0.3, 0.4) is 0 Å². The maximum absolute atomic E-state index is 12.8. The topological polar surface area (TPSA) is 64.3 Å². The smallest absolute Gasteiger partial charge is 0.369 e. The van der Waals surface area contributed by atoms with E-state index in [0.717, 1.165) is 35.3 Å². The Morgan fingerprint density at radius 1 is 1.23 bits per heavy atom. The number of halogens is 3. The minimum Gasteiger partial charge on any atom is -0.369 e. The number of hydrogen-bond donors (Lipinski definition) is 2. The number of pyridine rings is 1. The van der Waals surface area contributed by atoms with Gasteiger partial charge >= 0.3 is 12.2 Å². The molecular formula is C22H24F3N5O. The van der Waals surface area contributed by atoms with Crippen molar-refractivity contribution >= 4 is 28.4 Å². The molecule has 1 fully saturated rings. The second kappa shape index (κ2) is 8.13. The fourth-order valence-electron chi connectivity index (χ4n) is 4.12. The summed E-state index contributed by atoms with van der Waals surface area (Å²) in [7, 11) is 2.01. The lowest BCUT2D eigenvalue weighted by atomic mass is 9.92. The number of nitrogens with zero attached hydrogens (tertiary/aromatic N) is 3. The predicted molar refractivity (Wildman–Crippen MR) is 114 cm³/mol. The van der Waals surface area contributed by atoms with Gasteiger partial charge in [-0.25, -0.2) is 9.78 Å². The van der Waals surface area contributed by atoms with Gasteiger partial charge in [-0.2, -0.15) is 13.2 Å². The second-order valence-electron chi connectivity index (χ2n) is 7.97. The molecule has 1 aromatic carbocycles. The third-order valence-electron chi connectivity index (χ3n) is 5.98. The third kappa shape index (κ3) is 4.30. The van der Waals surface area contributed by atoms with Gasteiger partial charge in [0.1, 0.15) is 5.65 Å². The van der Waals surface area contributed by atoms with Crippen molar-refractivity contribution in [2.24, 2.45) is 5.92 Å². The Morgan fingerprint density at radius 3 is 2.68 bits per heavy atom. The van der Waals surface area contributed by atoms with Gasteiger partial charge in [0.2, 0.25) is 0 Å². The van der Waals surface area contributed by atoms with Crippen LogP contribution in [0, 0.1) is 5.92 Å². The van der Waals surface area contributed by atoms with E-state index in [4.69, 9.17) is 0 Å². The molecule has 9 heteroatoms. The predicted octanol–water partition coefficient (Wildman–Crippen LogP) is 4.96. The molecule has 1 aliphatic heterocycles. The summed E-state index contributed by atoms with van der Waals surface area (Å²) >= 11 is 0. The highest BCUT2D eigenvalue weighted by Crippen LogP contribution is 2.31. The van der Waals surface area contributed by atoms with Crippen molar-refractivity contribution < 1.29 is 18.0 Å². The molecular weight excluding hydrogens is 407 g/mol. The quantitative estimate of drug-likeness (QED) is 0.616. The van der Waals surface area contributed by atoms with Crippen LogP contribution in [0.4, 0.5) is 29.3 Å². The van der Waals surface area contributed by atoms with Gasteiger partial charge in [-0.1, -0.05) is 6.92 Å². The molecule has 1 aliphatic rings. The number of carbonyl (C=O) groups is 1. The fourth-order valence-corrected chi connectivity index (χ4v) is 4.12. The molecule has 3 heterocycles. The SMILES string of the molecule is C[C@@H]1CCN(C(=O)Nc2ccc(C(F)(F)F)cc2)C[C@@H]1N(C)c1ccnc2[nH]ccc12. The van der Waals surface area contributed by atoms with E-state index < -0.39 is 11.7 Å². The summed E-state index contributed by atoms with van der Waals surface area (Å²) in [5, 5.41) is 3.73. The number of urea groups is 1. The zero-order valence-electron chi connectivity index (χ0n) is 17.3. The molecule has 0 spiro atoms. The van der Waals surface area contributed by atoms with Gasteiger partial charge in [0.05, 0.1) is 5.56 Å². The number of fused-ring (bicyclic) bond motifs is 1. The Bertz CT molecular complexity index is 1060. The number of alkyl halides is 3. The lowest BCUT2D eigenvalue weighted by Gasteiger charge is -2.42. The maximum Gasteiger partial charge on any atom is 0.416 e. The van der Waals surface area contributed by atoms with Crippen LogP contribution in [-0.4, -0.2) is 47.1 Å². The minimum absolute atomic E-state index is 0.0904. The number of aromatic amines is 1. The molecule has 1 saturated heterocycles. The zero-order chi connectivity index (χ0) is 22.2. The van der Waals surface area contributed by atoms with E-state index in [9.17, 15) is 18.0 Å². The molecule has 164 valence electrons. The van der Waals surface area contributed by atoms with E-state index in [2.05, 4.69) is 27.1 Å². The number of likely N-dealkylation sites (N-methyl/N-ethyl adjacent to an activating group) is 1. The largest absolute Gasteiger partial charge is 0.416 e. The van der Waals surface area contributed by atoms with Crippen molar-refractivity contribution in [1.29, 1.82) is 0 Å². The zero-order valence-corrected chi connectivity index (χ0v) is 17.3. The summed E-state index contributed by atoms with van der Waals surface area (Å²) in [4.78, 5) is 24.1. The Hall–Kier alpha value is -3.23. The first kappa shape index (κ1) is 21.0. The number of hydrogen-bond acceptors (Lipinski definition) is 3. The lowest BCUT2D eigenvalue weighted by molar-refractivity contribution is -0.137. The number of benzene rings is 1. The first-order valence-electron chi connectivity index (χ1n) is 10.1. The molecule has 6 nitrogen and oxygen atoms in total. The highest BCUT2D eigenvalue weighted by molar-refractivity contribution is 5.91. The molecule has 0 radical (unpaired) electrons. The van der Waals surface area contributed by atoms with E-state index in [1.165, 1.54) is 12.1 Å². The summed E-state index contributed by atoms with van der Waals surface area (Å²) in [5.41, 5.74) is 1.44. The van der Waals surface area contributed by atoms with Crippen molar-refractivity contribution in [3.8, 4) is 0 Å². The highest BCUT2D eigenvalue weighted by Gasteiger charge is 2.33. The molecule has 31 heavy (non-hydrogen) atoms. The Balaban J connectivity index is 1.47. The van der Waals surface area contributed by atoms with Crippen LogP contribution >= 0.6 is 0 Å². The van der Waals surface area contributed by atoms with Gasteiger partial charge in [0, 0.05) is 55.3 Å². The van der Waals surface area contributed by atoms with Crippen molar-refractivity contribution in [3.63, 3.8) is 0 Å². The van der Waals surface area contributed by atoms with Crippen molar-refractivity contribution in [2.45, 2.75) is 25.6 Å². The van der Waals surface area contributed by atoms with Gasteiger partial charge in [0.25, 0.3) is 0 Å². The second-order valence-corrected chi connectivity index (χ2v) is 7.97. The molecule has 0 bridgehead atoms. The normalized spacial score (nSPS) is 19.5. The van der Waals surface area contributed by atoms with Crippen LogP contribution in [0.1, 0.15) is 18.9 Å². The first-order valence-corrected chi connectivity index (χ1v) is 10.1. The first-order chi connectivity index (χ1) is 14.7. The molecule has 4 rings (SSSR count). The molecule has 0 saturated carbocycles. The van der Waals surface area contributed by atoms with Crippen LogP contribution in [0.2, 0.25) is 0 Å². The summed E-state index contributed by atoms with van der Waals surface area (Å²) in [5.74, 6) is 0.363. The summed E-state index contributed by atoms with van der Waals surface area (Å²) in [6, 6.07) is 8.21. The van der Waals surface area contributed by atoms with E-state index >= 15 is 0 Å². The fraction of sp³-hybridized carbons (Fsp3) is 0.364. The summed E-state index contributed by atoms with van der Waals surface area (Å²) < 4.78 is 38.2. The van der Waals surface area contributed by atoms with Crippen molar-refractivity contribution in [1.82, 2.24) is 14.9 Å². The third-order valence-corrected chi connectivity index (χ3v) is 5.98. The molecule has 2 N–H and O–H groups in total. The van der Waals surface area contributed by atoms with E-state index in [-0.39, 0.29) is 12.1 Å². The summed E-state index contributed by atoms with van der Waals surface area (Å²) in [6.07, 6.45) is 0.0361. The minimum atomic E-state index is -4.40. The van der Waals surface area contributed by atoms with Crippen LogP contribution in [-0.2, 0) is 6.18 Å². The van der Waals surface area contributed by atoms with Gasteiger partial charge in [-0.05, 0) is 48.7 Å². The molecule has 2 atom stereocenters. The number of carbonyl (C=O) groups excluding carboxylic acids is 1. The lowest BCUT2D eigenvalue weighted by Crippen LogP contribution is -2.53. The number of nitrogens with one attached hydrogen (secondary N) is 2. The molecule has 3 aromatic rings. The number of piperidine rings is 1. The average Bonchev–Trinajstić information content (AvgIpc) is 3.22. The number of amides is 2. The average molecular weight is 431 g/mol. The van der Waals surface area contributed by atoms with Gasteiger partial charge < -0.3 is 20.1 Å². The van der Waals surface area contributed by atoms with Crippen LogP contribution in [0.25, 0.3) is 11.0 Å². The maximum atomic E-state index is 12.8. The van der Waals surface area contributed by atoms with Crippen LogP contribution < -0.4 is 10.2 Å². The molecule has 0 aliphatic carbocycles. The number of likely N-dealkylation sites (tertiary alicyclic amines) is 1. The monoisotopic (exact) mass is 431 g/mol. The van der Waals surface area contributed by atoms with E-state index in [1.807, 2.05) is 25.4 Å². The van der Waals surface area contributed by atoms with Gasteiger partial charge in [0.15, 0.2) is 0 Å². The van der Waals surface area contributed by atoms with E-state index in [1.54, 1.807) is 11.1 Å². The molecule has 2 amide bonds. The summed E-state index contributed by atoms with van der Waals surface area (Å²) in [6.45, 7) is 3.27. The van der Waals surface area contributed by atoms with E-state index in [0.29, 0.717) is 24.7 Å². The number of rotatable bonds is 3. The number of aromatic nitrogens is 2. The van der Waals surface area contributed by atoms with Gasteiger partial charge in [-0.15, -0.1) is 0 Å². The van der Waals surface area contributed by atoms with Crippen LogP contribution in [0.15, 0.2) is 48.8 Å². The number of H-pyrrole nitrogens is 1.